The normalized spacial score (nSPS) is 19.6. The summed E-state index contributed by atoms with van der Waals surface area (Å²) in [5, 5.41) is 9.42. The predicted molar refractivity (Wildman–Crippen MR) is 66.3 cm³/mol. The van der Waals surface area contributed by atoms with Crippen molar-refractivity contribution in [2.24, 2.45) is 11.1 Å². The van der Waals surface area contributed by atoms with Gasteiger partial charge in [-0.05, 0) is 55.9 Å². The molecule has 2 rings (SSSR count). The van der Waals surface area contributed by atoms with Crippen LogP contribution in [0.5, 0.6) is 0 Å². The molecule has 0 amide bonds. The standard InChI is InChI=1S/C14H21NO/c1-9-6-11(3)12(7-10(9)2)13(15)14(8-16)4-5-14/h6-7,13,16H,4-5,8,15H2,1-3H3. The zero-order valence-electron chi connectivity index (χ0n) is 10.4. The number of aliphatic hydroxyl groups is 1. The highest BCUT2D eigenvalue weighted by molar-refractivity contribution is 5.39. The summed E-state index contributed by atoms with van der Waals surface area (Å²) < 4.78 is 0. The molecule has 0 spiro atoms. The van der Waals surface area contributed by atoms with Crippen LogP contribution in [0.4, 0.5) is 0 Å². The zero-order valence-corrected chi connectivity index (χ0v) is 10.4. The van der Waals surface area contributed by atoms with E-state index in [1.807, 2.05) is 0 Å². The van der Waals surface area contributed by atoms with Crippen molar-refractivity contribution in [2.45, 2.75) is 39.7 Å². The first-order valence-corrected chi connectivity index (χ1v) is 5.94. The Balaban J connectivity index is 2.37. The van der Waals surface area contributed by atoms with Gasteiger partial charge in [0.15, 0.2) is 0 Å². The van der Waals surface area contributed by atoms with Gasteiger partial charge in [-0.15, -0.1) is 0 Å². The second-order valence-electron chi connectivity index (χ2n) is 5.29. The molecule has 2 heteroatoms. The Morgan fingerprint density at radius 1 is 1.19 bits per heavy atom. The maximum atomic E-state index is 9.42. The van der Waals surface area contributed by atoms with Crippen molar-refractivity contribution >= 4 is 0 Å². The molecule has 0 saturated heterocycles. The molecule has 1 aromatic rings. The van der Waals surface area contributed by atoms with Gasteiger partial charge in [0.05, 0.1) is 6.61 Å². The average Bonchev–Trinajstić information content (AvgIpc) is 3.03. The summed E-state index contributed by atoms with van der Waals surface area (Å²) >= 11 is 0. The van der Waals surface area contributed by atoms with E-state index in [2.05, 4.69) is 32.9 Å². The van der Waals surface area contributed by atoms with E-state index in [1.54, 1.807) is 0 Å². The van der Waals surface area contributed by atoms with Crippen molar-refractivity contribution in [3.63, 3.8) is 0 Å². The Bertz CT molecular complexity index is 407. The molecule has 16 heavy (non-hydrogen) atoms. The summed E-state index contributed by atoms with van der Waals surface area (Å²) in [4.78, 5) is 0. The maximum Gasteiger partial charge on any atom is 0.0505 e. The van der Waals surface area contributed by atoms with Crippen LogP contribution < -0.4 is 5.73 Å². The van der Waals surface area contributed by atoms with E-state index in [9.17, 15) is 5.11 Å². The molecule has 1 unspecified atom stereocenters. The summed E-state index contributed by atoms with van der Waals surface area (Å²) in [6, 6.07) is 4.36. The SMILES string of the molecule is Cc1cc(C)c(C(N)C2(CO)CC2)cc1C. The van der Waals surface area contributed by atoms with Crippen LogP contribution in [0.2, 0.25) is 0 Å². The Morgan fingerprint density at radius 2 is 1.75 bits per heavy atom. The van der Waals surface area contributed by atoms with Crippen LogP contribution in [0.3, 0.4) is 0 Å². The summed E-state index contributed by atoms with van der Waals surface area (Å²) in [7, 11) is 0. The van der Waals surface area contributed by atoms with Gasteiger partial charge in [-0.25, -0.2) is 0 Å². The van der Waals surface area contributed by atoms with Crippen molar-refractivity contribution in [2.75, 3.05) is 6.61 Å². The smallest absolute Gasteiger partial charge is 0.0505 e. The number of aliphatic hydroxyl groups excluding tert-OH is 1. The van der Waals surface area contributed by atoms with Crippen LogP contribution in [0, 0.1) is 26.2 Å². The Hall–Kier alpha value is -0.860. The van der Waals surface area contributed by atoms with Gasteiger partial charge in [0, 0.05) is 11.5 Å². The van der Waals surface area contributed by atoms with Crippen molar-refractivity contribution < 1.29 is 5.11 Å². The molecule has 1 saturated carbocycles. The van der Waals surface area contributed by atoms with Gasteiger partial charge in [0.2, 0.25) is 0 Å². The summed E-state index contributed by atoms with van der Waals surface area (Å²) in [5.41, 5.74) is 11.3. The topological polar surface area (TPSA) is 46.2 Å². The summed E-state index contributed by atoms with van der Waals surface area (Å²) in [6.45, 7) is 6.55. The molecule has 2 nitrogen and oxygen atoms in total. The van der Waals surface area contributed by atoms with E-state index < -0.39 is 0 Å². The van der Waals surface area contributed by atoms with Crippen LogP contribution in [0.15, 0.2) is 12.1 Å². The number of benzene rings is 1. The van der Waals surface area contributed by atoms with Gasteiger partial charge in [0.1, 0.15) is 0 Å². The Kier molecular flexibility index (Phi) is 2.81. The molecule has 88 valence electrons. The fourth-order valence-corrected chi connectivity index (χ4v) is 2.38. The summed E-state index contributed by atoms with van der Waals surface area (Å²) in [5.74, 6) is 0. The minimum atomic E-state index is -0.0353. The summed E-state index contributed by atoms with van der Waals surface area (Å²) in [6.07, 6.45) is 2.11. The van der Waals surface area contributed by atoms with Crippen LogP contribution in [0.1, 0.15) is 41.1 Å². The molecule has 0 aliphatic heterocycles. The van der Waals surface area contributed by atoms with Crippen LogP contribution in [0.25, 0.3) is 0 Å². The molecule has 1 aliphatic rings. The van der Waals surface area contributed by atoms with Gasteiger partial charge in [-0.2, -0.15) is 0 Å². The number of hydrogen-bond donors (Lipinski definition) is 2. The highest BCUT2D eigenvalue weighted by Gasteiger charge is 2.48. The van der Waals surface area contributed by atoms with Gasteiger partial charge < -0.3 is 10.8 Å². The van der Waals surface area contributed by atoms with Crippen molar-refractivity contribution in [1.29, 1.82) is 0 Å². The van der Waals surface area contributed by atoms with E-state index in [-0.39, 0.29) is 18.1 Å². The highest BCUT2D eigenvalue weighted by atomic mass is 16.3. The molecule has 0 heterocycles. The van der Waals surface area contributed by atoms with Crippen LogP contribution >= 0.6 is 0 Å². The molecular weight excluding hydrogens is 198 g/mol. The molecule has 1 aliphatic carbocycles. The number of nitrogens with two attached hydrogens (primary N) is 1. The van der Waals surface area contributed by atoms with Gasteiger partial charge in [0.25, 0.3) is 0 Å². The van der Waals surface area contributed by atoms with Gasteiger partial charge in [-0.1, -0.05) is 12.1 Å². The Labute approximate surface area is 97.5 Å². The molecule has 0 aromatic heterocycles. The molecule has 1 fully saturated rings. The first kappa shape index (κ1) is 11.6. The van der Waals surface area contributed by atoms with E-state index in [1.165, 1.54) is 22.3 Å². The lowest BCUT2D eigenvalue weighted by molar-refractivity contribution is 0.187. The minimum Gasteiger partial charge on any atom is -0.396 e. The minimum absolute atomic E-state index is 0.0169. The van der Waals surface area contributed by atoms with Gasteiger partial charge >= 0.3 is 0 Å². The molecule has 0 bridgehead atoms. The van der Waals surface area contributed by atoms with Crippen molar-refractivity contribution in [3.8, 4) is 0 Å². The molecule has 0 radical (unpaired) electrons. The Morgan fingerprint density at radius 3 is 2.25 bits per heavy atom. The molecular formula is C14H21NO. The predicted octanol–water partition coefficient (Wildman–Crippen LogP) is 2.38. The van der Waals surface area contributed by atoms with Crippen LogP contribution in [-0.4, -0.2) is 11.7 Å². The average molecular weight is 219 g/mol. The zero-order chi connectivity index (χ0) is 11.9. The highest BCUT2D eigenvalue weighted by Crippen LogP contribution is 2.53. The second-order valence-corrected chi connectivity index (χ2v) is 5.29. The lowest BCUT2D eigenvalue weighted by Crippen LogP contribution is -2.26. The lowest BCUT2D eigenvalue weighted by atomic mass is 9.87. The monoisotopic (exact) mass is 219 g/mol. The first-order valence-electron chi connectivity index (χ1n) is 5.94. The number of hydrogen-bond acceptors (Lipinski definition) is 2. The van der Waals surface area contributed by atoms with E-state index in [0.717, 1.165) is 12.8 Å². The molecule has 3 N–H and O–H groups in total. The number of rotatable bonds is 3. The second kappa shape index (κ2) is 3.86. The van der Waals surface area contributed by atoms with E-state index in [0.29, 0.717) is 0 Å². The van der Waals surface area contributed by atoms with E-state index in [4.69, 9.17) is 5.73 Å². The third-order valence-electron chi connectivity index (χ3n) is 4.08. The van der Waals surface area contributed by atoms with Crippen molar-refractivity contribution in [1.82, 2.24) is 0 Å². The van der Waals surface area contributed by atoms with Crippen molar-refractivity contribution in [3.05, 3.63) is 34.4 Å². The maximum absolute atomic E-state index is 9.42. The fraction of sp³-hybridized carbons (Fsp3) is 0.571. The quantitative estimate of drug-likeness (QED) is 0.820. The molecule has 1 atom stereocenters. The van der Waals surface area contributed by atoms with Crippen LogP contribution in [-0.2, 0) is 0 Å². The largest absolute Gasteiger partial charge is 0.396 e. The van der Waals surface area contributed by atoms with Gasteiger partial charge in [-0.3, -0.25) is 0 Å². The lowest BCUT2D eigenvalue weighted by Gasteiger charge is -2.24. The number of aryl methyl sites for hydroxylation is 3. The van der Waals surface area contributed by atoms with E-state index >= 15 is 0 Å². The molecule has 1 aromatic carbocycles. The first-order chi connectivity index (χ1) is 7.50. The third-order valence-corrected chi connectivity index (χ3v) is 4.08. The fourth-order valence-electron chi connectivity index (χ4n) is 2.38. The third kappa shape index (κ3) is 1.76.